The van der Waals surface area contributed by atoms with E-state index in [0.717, 1.165) is 42.8 Å². The summed E-state index contributed by atoms with van der Waals surface area (Å²) in [6.45, 7) is 5.71. The van der Waals surface area contributed by atoms with E-state index in [-0.39, 0.29) is 0 Å². The lowest BCUT2D eigenvalue weighted by Gasteiger charge is -2.41. The molecule has 0 fully saturated rings. The molecule has 5 aromatic rings. The number of aryl methyl sites for hydroxylation is 1. The predicted molar refractivity (Wildman–Crippen MR) is 250 cm³/mol. The molecule has 0 unspecified atom stereocenters. The van der Waals surface area contributed by atoms with Crippen LogP contribution < -0.4 is 18.8 Å². The van der Waals surface area contributed by atoms with Gasteiger partial charge in [-0.3, -0.25) is 0 Å². The lowest BCUT2D eigenvalue weighted by molar-refractivity contribution is -0.671. The average Bonchev–Trinajstić information content (AvgIpc) is 3.26. The zero-order valence-electron chi connectivity index (χ0n) is 37.1. The molecule has 0 saturated heterocycles. The normalized spacial score (nSPS) is 11.3. The molecule has 1 heterocycles. The van der Waals surface area contributed by atoms with Crippen LogP contribution in [0, 0.1) is 0 Å². The van der Waals surface area contributed by atoms with Crippen LogP contribution in [-0.4, -0.2) is 27.5 Å². The zero-order chi connectivity index (χ0) is 41.1. The Morgan fingerprint density at radius 2 is 0.793 bits per heavy atom. The Morgan fingerprint density at radius 3 is 1.22 bits per heavy atom. The van der Waals surface area contributed by atoms with Gasteiger partial charge in [0, 0.05) is 30.1 Å². The lowest BCUT2D eigenvalue weighted by Crippen LogP contribution is -2.43. The summed E-state index contributed by atoms with van der Waals surface area (Å²) in [5, 5.41) is 1.34. The third-order valence-electron chi connectivity index (χ3n) is 12.2. The SMILES string of the molecule is CCCCCCCCCCCC[B-](Cc1ccc(OC)cc1)(Cc1ccc(OC)cc1)Cc1ccc(OC)cc1.CCCCCCCC[n+]1cccc2ccccc21. The van der Waals surface area contributed by atoms with Gasteiger partial charge in [0.05, 0.1) is 21.3 Å². The molecule has 0 aliphatic rings. The number of fused-ring (bicyclic) bond motifs is 1. The molecular formula is C53H76BNO3. The van der Waals surface area contributed by atoms with Gasteiger partial charge in [-0.15, -0.1) is 0 Å². The number of para-hydroxylation sites is 1. The van der Waals surface area contributed by atoms with E-state index in [2.05, 4.69) is 134 Å². The highest BCUT2D eigenvalue weighted by atomic mass is 16.5. The van der Waals surface area contributed by atoms with E-state index < -0.39 is 6.15 Å². The van der Waals surface area contributed by atoms with Crippen LogP contribution in [0.25, 0.3) is 10.9 Å². The molecule has 0 atom stereocenters. The Labute approximate surface area is 353 Å². The molecule has 314 valence electrons. The largest absolute Gasteiger partial charge is 0.497 e. The molecule has 5 heteroatoms. The second-order valence-corrected chi connectivity index (χ2v) is 16.9. The van der Waals surface area contributed by atoms with E-state index in [1.807, 2.05) is 0 Å². The summed E-state index contributed by atoms with van der Waals surface area (Å²) < 4.78 is 18.7. The van der Waals surface area contributed by atoms with Gasteiger partial charge in [-0.05, 0) is 55.0 Å². The molecule has 0 spiro atoms. The number of benzene rings is 4. The Balaban J connectivity index is 0.000000343. The fourth-order valence-electron chi connectivity index (χ4n) is 8.85. The van der Waals surface area contributed by atoms with Gasteiger partial charge in [0.2, 0.25) is 5.52 Å². The van der Waals surface area contributed by atoms with E-state index in [4.69, 9.17) is 14.2 Å². The van der Waals surface area contributed by atoms with Crippen LogP contribution in [0.5, 0.6) is 17.2 Å². The number of aromatic nitrogens is 1. The summed E-state index contributed by atoms with van der Waals surface area (Å²) in [6.07, 6.45) is 27.8. The molecule has 0 aliphatic carbocycles. The van der Waals surface area contributed by atoms with Crippen LogP contribution in [0.3, 0.4) is 0 Å². The van der Waals surface area contributed by atoms with Crippen LogP contribution in [-0.2, 0) is 25.5 Å². The number of ether oxygens (including phenoxy) is 3. The van der Waals surface area contributed by atoms with Crippen molar-refractivity contribution in [1.82, 2.24) is 0 Å². The minimum absolute atomic E-state index is 0.756. The Morgan fingerprint density at radius 1 is 0.414 bits per heavy atom. The molecular weight excluding hydrogens is 709 g/mol. The standard InChI is InChI=1S/C36H52BO3.C17H24N/c1-5-6-7-8-9-10-11-12-13-14-27-37(28-31-15-21-34(38-2)22-16-31,29-32-17-23-35(39-3)24-18-32)30-33-19-25-36(40-4)26-20-33;1-2-3-4-5-6-9-14-18-15-10-12-16-11-7-8-13-17(16)18/h15-26H,5-14,27-30H2,1-4H3;7-8,10-13,15H,2-6,9,14H2,1H3/q-1;+1. The van der Waals surface area contributed by atoms with E-state index in [1.54, 1.807) is 21.3 Å². The molecule has 0 saturated carbocycles. The van der Waals surface area contributed by atoms with E-state index in [0.29, 0.717) is 0 Å². The van der Waals surface area contributed by atoms with Crippen molar-refractivity contribution >= 4 is 17.0 Å². The first-order valence-electron chi connectivity index (χ1n) is 23.0. The number of nitrogens with zero attached hydrogens (tertiary/aromatic N) is 1. The molecule has 0 N–H and O–H groups in total. The maximum absolute atomic E-state index is 5.45. The number of rotatable bonds is 27. The van der Waals surface area contributed by atoms with Gasteiger partial charge in [-0.25, -0.2) is 0 Å². The first-order valence-corrected chi connectivity index (χ1v) is 23.0. The average molecular weight is 786 g/mol. The fraction of sp³-hybridized carbons (Fsp3) is 0.491. The minimum atomic E-state index is -0.756. The predicted octanol–water partition coefficient (Wildman–Crippen LogP) is 14.2. The van der Waals surface area contributed by atoms with Gasteiger partial charge < -0.3 is 14.2 Å². The summed E-state index contributed by atoms with van der Waals surface area (Å²) in [5.41, 5.74) is 5.55. The van der Waals surface area contributed by atoms with Gasteiger partial charge in [0.25, 0.3) is 0 Å². The van der Waals surface area contributed by atoms with Crippen molar-refractivity contribution in [2.75, 3.05) is 21.3 Å². The Hall–Kier alpha value is -4.25. The van der Waals surface area contributed by atoms with Crippen molar-refractivity contribution in [3.8, 4) is 17.2 Å². The van der Waals surface area contributed by atoms with Gasteiger partial charge >= 0.3 is 0 Å². The number of hydrogen-bond donors (Lipinski definition) is 0. The molecule has 0 aliphatic heterocycles. The monoisotopic (exact) mass is 786 g/mol. The zero-order valence-corrected chi connectivity index (χ0v) is 37.1. The highest BCUT2D eigenvalue weighted by Gasteiger charge is 2.26. The van der Waals surface area contributed by atoms with Gasteiger partial charge in [-0.1, -0.05) is 169 Å². The molecule has 0 bridgehead atoms. The number of hydrogen-bond acceptors (Lipinski definition) is 3. The van der Waals surface area contributed by atoms with Gasteiger partial charge in [-0.2, -0.15) is 29.8 Å². The summed E-state index contributed by atoms with van der Waals surface area (Å²) in [4.78, 5) is 0. The minimum Gasteiger partial charge on any atom is -0.497 e. The Kier molecular flexibility index (Phi) is 22.0. The van der Waals surface area contributed by atoms with Crippen molar-refractivity contribution in [3.05, 3.63) is 132 Å². The third-order valence-corrected chi connectivity index (χ3v) is 12.2. The summed E-state index contributed by atoms with van der Waals surface area (Å²) in [5.74, 6) is 2.76. The highest BCUT2D eigenvalue weighted by molar-refractivity contribution is 6.78. The maximum Gasteiger partial charge on any atom is 0.212 e. The maximum atomic E-state index is 5.45. The van der Waals surface area contributed by atoms with Crippen LogP contribution in [0.4, 0.5) is 0 Å². The molecule has 1 aromatic heterocycles. The quantitative estimate of drug-likeness (QED) is 0.0302. The second kappa shape index (κ2) is 27.4. The van der Waals surface area contributed by atoms with E-state index in [1.165, 1.54) is 137 Å². The van der Waals surface area contributed by atoms with Crippen molar-refractivity contribution in [1.29, 1.82) is 0 Å². The molecule has 0 amide bonds. The lowest BCUT2D eigenvalue weighted by atomic mass is 9.16. The molecule has 0 radical (unpaired) electrons. The van der Waals surface area contributed by atoms with Crippen molar-refractivity contribution in [2.24, 2.45) is 0 Å². The number of pyridine rings is 1. The highest BCUT2D eigenvalue weighted by Crippen LogP contribution is 2.31. The smallest absolute Gasteiger partial charge is 0.212 e. The Bertz CT molecular complexity index is 1660. The van der Waals surface area contributed by atoms with Gasteiger partial charge in [0.1, 0.15) is 23.8 Å². The summed E-state index contributed by atoms with van der Waals surface area (Å²) >= 11 is 0. The molecule has 4 aromatic carbocycles. The van der Waals surface area contributed by atoms with Crippen molar-refractivity contribution in [2.45, 2.75) is 148 Å². The number of unbranched alkanes of at least 4 members (excludes halogenated alkanes) is 14. The van der Waals surface area contributed by atoms with Crippen molar-refractivity contribution < 1.29 is 18.8 Å². The van der Waals surface area contributed by atoms with Crippen LogP contribution in [0.1, 0.15) is 133 Å². The summed E-state index contributed by atoms with van der Waals surface area (Å²) in [7, 11) is 5.21. The third kappa shape index (κ3) is 16.9. The molecule has 4 nitrogen and oxygen atoms in total. The van der Waals surface area contributed by atoms with Crippen LogP contribution in [0.15, 0.2) is 115 Å². The van der Waals surface area contributed by atoms with Crippen LogP contribution >= 0.6 is 0 Å². The first kappa shape index (κ1) is 46.4. The van der Waals surface area contributed by atoms with Crippen molar-refractivity contribution in [3.63, 3.8) is 0 Å². The molecule has 58 heavy (non-hydrogen) atoms. The fourth-order valence-corrected chi connectivity index (χ4v) is 8.85. The topological polar surface area (TPSA) is 31.6 Å². The molecule has 5 rings (SSSR count). The number of methoxy groups -OCH3 is 3. The van der Waals surface area contributed by atoms with E-state index >= 15 is 0 Å². The summed E-state index contributed by atoms with van der Waals surface area (Å²) in [6, 6.07) is 39.2. The van der Waals surface area contributed by atoms with Gasteiger partial charge in [0.15, 0.2) is 6.20 Å². The second-order valence-electron chi connectivity index (χ2n) is 16.9. The van der Waals surface area contributed by atoms with Crippen LogP contribution in [0.2, 0.25) is 6.32 Å². The first-order chi connectivity index (χ1) is 28.5. The van der Waals surface area contributed by atoms with E-state index in [9.17, 15) is 0 Å².